The lowest BCUT2D eigenvalue weighted by Gasteiger charge is -2.61. The van der Waals surface area contributed by atoms with Crippen LogP contribution >= 0.6 is 0 Å². The first-order valence-electron chi connectivity index (χ1n) is 8.79. The molecule has 0 N–H and O–H groups in total. The van der Waals surface area contributed by atoms with Crippen molar-refractivity contribution >= 4 is 16.0 Å². The van der Waals surface area contributed by atoms with Gasteiger partial charge in [0, 0.05) is 6.54 Å². The van der Waals surface area contributed by atoms with E-state index in [2.05, 4.69) is 20.8 Å². The van der Waals surface area contributed by atoms with Crippen LogP contribution in [0.15, 0.2) is 0 Å². The van der Waals surface area contributed by atoms with Gasteiger partial charge >= 0.3 is 5.97 Å². The van der Waals surface area contributed by atoms with Crippen LogP contribution < -0.4 is 0 Å². The van der Waals surface area contributed by atoms with Gasteiger partial charge in [-0.25, -0.2) is 8.42 Å². The van der Waals surface area contributed by atoms with Crippen molar-refractivity contribution in [2.45, 2.75) is 65.0 Å². The summed E-state index contributed by atoms with van der Waals surface area (Å²) >= 11 is 0. The third kappa shape index (κ3) is 2.93. The second-order valence-electron chi connectivity index (χ2n) is 8.32. The lowest BCUT2D eigenvalue weighted by Crippen LogP contribution is -2.58. The Morgan fingerprint density at radius 3 is 2.48 bits per heavy atom. The number of fused-ring (bicyclic) bond motifs is 2. The molecule has 6 heteroatoms. The molecule has 0 unspecified atom stereocenters. The molecule has 5 nitrogen and oxygen atoms in total. The van der Waals surface area contributed by atoms with E-state index in [1.165, 1.54) is 17.0 Å². The number of rotatable bonds is 3. The summed E-state index contributed by atoms with van der Waals surface area (Å²) in [5.41, 5.74) is 0.353. The van der Waals surface area contributed by atoms with E-state index < -0.39 is 16.1 Å². The van der Waals surface area contributed by atoms with Gasteiger partial charge < -0.3 is 4.74 Å². The normalized spacial score (nSPS) is 40.3. The highest BCUT2D eigenvalue weighted by Crippen LogP contribution is 2.61. The zero-order valence-corrected chi connectivity index (χ0v) is 15.4. The molecule has 3 saturated carbocycles. The summed E-state index contributed by atoms with van der Waals surface area (Å²) in [5.74, 6) is 1.25. The molecular formula is C17H29NO4S. The number of sulfonamides is 1. The molecule has 5 atom stereocenters. The molecule has 132 valence electrons. The molecule has 0 spiro atoms. The van der Waals surface area contributed by atoms with Crippen LogP contribution in [0.25, 0.3) is 0 Å². The van der Waals surface area contributed by atoms with Gasteiger partial charge in [0.15, 0.2) is 0 Å². The summed E-state index contributed by atoms with van der Waals surface area (Å²) < 4.78 is 31.0. The first kappa shape index (κ1) is 17.2. The van der Waals surface area contributed by atoms with Crippen molar-refractivity contribution in [3.8, 4) is 0 Å². The Morgan fingerprint density at radius 1 is 1.22 bits per heavy atom. The topological polar surface area (TPSA) is 63.7 Å². The number of hydrogen-bond donors (Lipinski definition) is 0. The number of hydrogen-bond acceptors (Lipinski definition) is 4. The largest absolute Gasteiger partial charge is 0.461 e. The highest BCUT2D eigenvalue weighted by molar-refractivity contribution is 7.88. The summed E-state index contributed by atoms with van der Waals surface area (Å²) in [7, 11) is -3.36. The molecule has 1 saturated heterocycles. The second kappa shape index (κ2) is 5.73. The maximum atomic E-state index is 12.6. The van der Waals surface area contributed by atoms with Crippen LogP contribution in [0.1, 0.15) is 52.9 Å². The molecule has 0 radical (unpaired) electrons. The van der Waals surface area contributed by atoms with E-state index in [4.69, 9.17) is 4.74 Å². The molecular weight excluding hydrogens is 314 g/mol. The zero-order chi connectivity index (χ0) is 17.0. The maximum absolute atomic E-state index is 12.6. The van der Waals surface area contributed by atoms with Crippen LogP contribution in [-0.4, -0.2) is 43.6 Å². The van der Waals surface area contributed by atoms with Crippen molar-refractivity contribution in [1.82, 2.24) is 4.31 Å². The molecule has 2 bridgehead atoms. The molecule has 4 rings (SSSR count). The van der Waals surface area contributed by atoms with Gasteiger partial charge in [-0.3, -0.25) is 4.79 Å². The number of piperidine rings is 1. The van der Waals surface area contributed by atoms with Gasteiger partial charge in [0.05, 0.1) is 6.26 Å². The van der Waals surface area contributed by atoms with E-state index in [9.17, 15) is 13.2 Å². The van der Waals surface area contributed by atoms with Gasteiger partial charge in [0.25, 0.3) is 0 Å². The molecule has 4 fully saturated rings. The minimum absolute atomic E-state index is 0.0531. The van der Waals surface area contributed by atoms with Crippen LogP contribution in [0.4, 0.5) is 0 Å². The van der Waals surface area contributed by atoms with E-state index in [0.29, 0.717) is 36.1 Å². The van der Waals surface area contributed by atoms with E-state index >= 15 is 0 Å². The Morgan fingerprint density at radius 2 is 1.91 bits per heavy atom. The lowest BCUT2D eigenvalue weighted by atomic mass is 9.45. The summed E-state index contributed by atoms with van der Waals surface area (Å²) in [6, 6.07) is -0.628. The van der Waals surface area contributed by atoms with Crippen molar-refractivity contribution in [1.29, 1.82) is 0 Å². The van der Waals surface area contributed by atoms with Gasteiger partial charge in [0.1, 0.15) is 12.1 Å². The van der Waals surface area contributed by atoms with Gasteiger partial charge in [-0.1, -0.05) is 20.8 Å². The third-order valence-corrected chi connectivity index (χ3v) is 7.99. The fraction of sp³-hybridized carbons (Fsp3) is 0.941. The van der Waals surface area contributed by atoms with E-state index in [0.717, 1.165) is 19.3 Å². The predicted octanol–water partition coefficient (Wildman–Crippen LogP) is 2.41. The van der Waals surface area contributed by atoms with Gasteiger partial charge in [-0.2, -0.15) is 4.31 Å². The molecule has 4 aliphatic rings. The second-order valence-corrected chi connectivity index (χ2v) is 10.3. The van der Waals surface area contributed by atoms with Crippen molar-refractivity contribution in [2.75, 3.05) is 12.8 Å². The predicted molar refractivity (Wildman–Crippen MR) is 88.2 cm³/mol. The van der Waals surface area contributed by atoms with Crippen molar-refractivity contribution < 1.29 is 17.9 Å². The smallest absolute Gasteiger partial charge is 0.324 e. The Labute approximate surface area is 139 Å². The SMILES string of the molecule is C[C@@H]1[C@@H](OC(=O)[C@H]2CCCCN2S(C)(=O)=O)C[C@H]2C[C@H]1C2(C)C. The number of carbonyl (C=O) groups is 1. The lowest BCUT2D eigenvalue weighted by molar-refractivity contribution is -0.189. The highest BCUT2D eigenvalue weighted by atomic mass is 32.2. The average molecular weight is 343 g/mol. The molecule has 3 aliphatic carbocycles. The maximum Gasteiger partial charge on any atom is 0.324 e. The number of nitrogens with zero attached hydrogens (tertiary/aromatic N) is 1. The van der Waals surface area contributed by atoms with Crippen molar-refractivity contribution in [3.63, 3.8) is 0 Å². The van der Waals surface area contributed by atoms with Gasteiger partial charge in [0.2, 0.25) is 10.0 Å². The van der Waals surface area contributed by atoms with Crippen LogP contribution in [-0.2, 0) is 19.6 Å². The quantitative estimate of drug-likeness (QED) is 0.738. The Kier molecular flexibility index (Phi) is 4.28. The average Bonchev–Trinajstić information content (AvgIpc) is 2.47. The zero-order valence-electron chi connectivity index (χ0n) is 14.6. The van der Waals surface area contributed by atoms with Crippen LogP contribution in [0.5, 0.6) is 0 Å². The Balaban J connectivity index is 1.67. The summed E-state index contributed by atoms with van der Waals surface area (Å²) in [6.07, 6.45) is 5.55. The highest BCUT2D eigenvalue weighted by Gasteiger charge is 2.57. The van der Waals surface area contributed by atoms with Crippen LogP contribution in [0.3, 0.4) is 0 Å². The summed E-state index contributed by atoms with van der Waals surface area (Å²) in [5, 5.41) is 0. The van der Waals surface area contributed by atoms with Gasteiger partial charge in [-0.05, 0) is 55.3 Å². The molecule has 0 aromatic carbocycles. The number of esters is 1. The molecule has 23 heavy (non-hydrogen) atoms. The molecule has 0 aromatic rings. The van der Waals surface area contributed by atoms with Crippen LogP contribution in [0.2, 0.25) is 0 Å². The minimum Gasteiger partial charge on any atom is -0.461 e. The standard InChI is InChI=1S/C17H29NO4S/c1-11-13-9-12(17(13,2)3)10-15(11)22-16(19)14-7-5-6-8-18(14)23(4,20)21/h11-15H,5-10H2,1-4H3/t11-,12+,13+,14+,15-/m0/s1. The molecule has 1 aliphatic heterocycles. The Bertz CT molecular complexity index is 585. The first-order chi connectivity index (χ1) is 10.6. The van der Waals surface area contributed by atoms with E-state index in [1.807, 2.05) is 0 Å². The van der Waals surface area contributed by atoms with Crippen LogP contribution in [0, 0.1) is 23.2 Å². The fourth-order valence-corrected chi connectivity index (χ4v) is 6.14. The monoisotopic (exact) mass is 343 g/mol. The number of carbonyl (C=O) groups excluding carboxylic acids is 1. The first-order valence-corrected chi connectivity index (χ1v) is 10.6. The Hall–Kier alpha value is -0.620. The number of ether oxygens (including phenoxy) is 1. The molecule has 1 heterocycles. The summed E-state index contributed by atoms with van der Waals surface area (Å²) in [6.45, 7) is 7.23. The minimum atomic E-state index is -3.36. The van der Waals surface area contributed by atoms with Gasteiger partial charge in [-0.15, -0.1) is 0 Å². The fourth-order valence-electron chi connectivity index (χ4n) is 5.02. The van der Waals surface area contributed by atoms with Crippen molar-refractivity contribution in [2.24, 2.45) is 23.2 Å². The van der Waals surface area contributed by atoms with Crippen molar-refractivity contribution in [3.05, 3.63) is 0 Å². The molecule has 0 amide bonds. The summed E-state index contributed by atoms with van der Waals surface area (Å²) in [4.78, 5) is 12.6. The van der Waals surface area contributed by atoms with E-state index in [-0.39, 0.29) is 12.1 Å². The molecule has 0 aromatic heterocycles. The third-order valence-electron chi connectivity index (χ3n) is 6.70. The van der Waals surface area contributed by atoms with E-state index in [1.54, 1.807) is 0 Å².